The Morgan fingerprint density at radius 1 is 1.16 bits per heavy atom. The summed E-state index contributed by atoms with van der Waals surface area (Å²) in [5.41, 5.74) is 2.42. The Labute approximate surface area is 111 Å². The highest BCUT2D eigenvalue weighted by molar-refractivity contribution is 6.04. The largest absolute Gasteiger partial charge is 0.496 e. The minimum atomic E-state index is -0.227. The van der Waals surface area contributed by atoms with Crippen molar-refractivity contribution in [3.05, 3.63) is 47.3 Å². The summed E-state index contributed by atoms with van der Waals surface area (Å²) >= 11 is 0. The van der Waals surface area contributed by atoms with Crippen molar-refractivity contribution in [2.75, 3.05) is 12.4 Å². The van der Waals surface area contributed by atoms with Gasteiger partial charge in [-0.2, -0.15) is 0 Å². The van der Waals surface area contributed by atoms with Crippen LogP contribution in [0.5, 0.6) is 5.75 Å². The number of nitrogens with zero attached hydrogens (tertiary/aromatic N) is 2. The molecule has 1 aromatic carbocycles. The quantitative estimate of drug-likeness (QED) is 0.916. The monoisotopic (exact) mass is 257 g/mol. The SMILES string of the molecule is COc1ccc(C(=O)Nc2ncccn2)c(C)c1C. The second kappa shape index (κ2) is 5.48. The number of rotatable bonds is 3. The van der Waals surface area contributed by atoms with Crippen molar-refractivity contribution < 1.29 is 9.53 Å². The molecule has 1 amide bonds. The molecule has 0 fully saturated rings. The van der Waals surface area contributed by atoms with Gasteiger partial charge >= 0.3 is 0 Å². The molecule has 0 saturated carbocycles. The molecule has 0 unspecified atom stereocenters. The predicted octanol–water partition coefficient (Wildman–Crippen LogP) is 2.35. The van der Waals surface area contributed by atoms with Gasteiger partial charge in [0.15, 0.2) is 0 Å². The lowest BCUT2D eigenvalue weighted by Gasteiger charge is -2.12. The van der Waals surface area contributed by atoms with E-state index in [9.17, 15) is 4.79 Å². The van der Waals surface area contributed by atoms with E-state index < -0.39 is 0 Å². The fourth-order valence-corrected chi connectivity index (χ4v) is 1.80. The van der Waals surface area contributed by atoms with Crippen LogP contribution in [0.25, 0.3) is 0 Å². The van der Waals surface area contributed by atoms with E-state index in [2.05, 4.69) is 15.3 Å². The average Bonchev–Trinajstić information content (AvgIpc) is 2.42. The molecule has 0 saturated heterocycles. The van der Waals surface area contributed by atoms with Gasteiger partial charge < -0.3 is 4.74 Å². The van der Waals surface area contributed by atoms with E-state index >= 15 is 0 Å². The summed E-state index contributed by atoms with van der Waals surface area (Å²) in [6, 6.07) is 5.21. The second-order valence-corrected chi connectivity index (χ2v) is 4.09. The van der Waals surface area contributed by atoms with Gasteiger partial charge in [0.25, 0.3) is 5.91 Å². The topological polar surface area (TPSA) is 64.1 Å². The van der Waals surface area contributed by atoms with Crippen molar-refractivity contribution >= 4 is 11.9 Å². The van der Waals surface area contributed by atoms with Crippen LogP contribution in [0.1, 0.15) is 21.5 Å². The van der Waals surface area contributed by atoms with Gasteiger partial charge in [0.1, 0.15) is 5.75 Å². The van der Waals surface area contributed by atoms with E-state index in [1.165, 1.54) is 0 Å². The number of benzene rings is 1. The van der Waals surface area contributed by atoms with Gasteiger partial charge in [0.05, 0.1) is 7.11 Å². The fourth-order valence-electron chi connectivity index (χ4n) is 1.80. The number of carbonyl (C=O) groups excluding carboxylic acids is 1. The molecule has 0 aliphatic rings. The first kappa shape index (κ1) is 13.0. The van der Waals surface area contributed by atoms with Crippen LogP contribution in [0, 0.1) is 13.8 Å². The molecule has 0 aliphatic heterocycles. The lowest BCUT2D eigenvalue weighted by molar-refractivity contribution is 0.102. The molecule has 5 nitrogen and oxygen atoms in total. The molecule has 0 bridgehead atoms. The third-order valence-corrected chi connectivity index (χ3v) is 2.99. The third kappa shape index (κ3) is 2.70. The van der Waals surface area contributed by atoms with Crippen LogP contribution < -0.4 is 10.1 Å². The maximum atomic E-state index is 12.2. The Balaban J connectivity index is 2.27. The molecule has 0 radical (unpaired) electrons. The molecule has 0 spiro atoms. The van der Waals surface area contributed by atoms with E-state index in [0.29, 0.717) is 11.5 Å². The molecular formula is C14H15N3O2. The van der Waals surface area contributed by atoms with Crippen molar-refractivity contribution in [1.29, 1.82) is 0 Å². The van der Waals surface area contributed by atoms with Gasteiger partial charge in [-0.15, -0.1) is 0 Å². The Hall–Kier alpha value is -2.43. The fraction of sp³-hybridized carbons (Fsp3) is 0.214. The van der Waals surface area contributed by atoms with Crippen molar-refractivity contribution in [3.8, 4) is 5.75 Å². The van der Waals surface area contributed by atoms with Crippen molar-refractivity contribution in [2.24, 2.45) is 0 Å². The molecule has 2 aromatic rings. The van der Waals surface area contributed by atoms with E-state index in [-0.39, 0.29) is 5.91 Å². The Morgan fingerprint density at radius 3 is 2.47 bits per heavy atom. The number of carbonyl (C=O) groups is 1. The Morgan fingerprint density at radius 2 is 1.84 bits per heavy atom. The maximum Gasteiger partial charge on any atom is 0.258 e. The third-order valence-electron chi connectivity index (χ3n) is 2.99. The van der Waals surface area contributed by atoms with Gasteiger partial charge in [0.2, 0.25) is 5.95 Å². The first-order valence-corrected chi connectivity index (χ1v) is 5.86. The highest BCUT2D eigenvalue weighted by Crippen LogP contribution is 2.24. The molecule has 0 atom stereocenters. The zero-order valence-corrected chi connectivity index (χ0v) is 11.1. The van der Waals surface area contributed by atoms with Crippen LogP contribution in [0.15, 0.2) is 30.6 Å². The first-order chi connectivity index (χ1) is 9.13. The Kier molecular flexibility index (Phi) is 3.75. The minimum Gasteiger partial charge on any atom is -0.496 e. The molecule has 2 rings (SSSR count). The lowest BCUT2D eigenvalue weighted by Crippen LogP contribution is -2.15. The lowest BCUT2D eigenvalue weighted by atomic mass is 10.0. The van der Waals surface area contributed by atoms with Crippen LogP contribution in [0.3, 0.4) is 0 Å². The summed E-state index contributed by atoms with van der Waals surface area (Å²) in [4.78, 5) is 20.1. The van der Waals surface area contributed by atoms with Gasteiger partial charge in [-0.05, 0) is 43.2 Å². The van der Waals surface area contributed by atoms with Crippen LogP contribution in [0.2, 0.25) is 0 Å². The molecule has 98 valence electrons. The second-order valence-electron chi connectivity index (χ2n) is 4.09. The molecule has 1 heterocycles. The first-order valence-electron chi connectivity index (χ1n) is 5.86. The summed E-state index contributed by atoms with van der Waals surface area (Å²) in [6.07, 6.45) is 3.16. The maximum absolute atomic E-state index is 12.2. The van der Waals surface area contributed by atoms with Crippen LogP contribution in [0.4, 0.5) is 5.95 Å². The average molecular weight is 257 g/mol. The number of ether oxygens (including phenoxy) is 1. The van der Waals surface area contributed by atoms with E-state index in [1.54, 1.807) is 37.7 Å². The van der Waals surface area contributed by atoms with Crippen molar-refractivity contribution in [3.63, 3.8) is 0 Å². The summed E-state index contributed by atoms with van der Waals surface area (Å²) in [7, 11) is 1.61. The van der Waals surface area contributed by atoms with Gasteiger partial charge in [-0.25, -0.2) is 9.97 Å². The van der Waals surface area contributed by atoms with Gasteiger partial charge in [-0.3, -0.25) is 10.1 Å². The highest BCUT2D eigenvalue weighted by Gasteiger charge is 2.14. The molecule has 0 aliphatic carbocycles. The molecule has 1 aromatic heterocycles. The number of methoxy groups -OCH3 is 1. The minimum absolute atomic E-state index is 0.227. The van der Waals surface area contributed by atoms with Crippen LogP contribution >= 0.6 is 0 Å². The van der Waals surface area contributed by atoms with Crippen LogP contribution in [-0.2, 0) is 0 Å². The number of hydrogen-bond donors (Lipinski definition) is 1. The number of aromatic nitrogens is 2. The number of hydrogen-bond acceptors (Lipinski definition) is 4. The van der Waals surface area contributed by atoms with E-state index in [1.807, 2.05) is 13.8 Å². The summed E-state index contributed by atoms with van der Waals surface area (Å²) in [5.74, 6) is 0.833. The summed E-state index contributed by atoms with van der Waals surface area (Å²) < 4.78 is 5.22. The van der Waals surface area contributed by atoms with Gasteiger partial charge in [0, 0.05) is 18.0 Å². The smallest absolute Gasteiger partial charge is 0.258 e. The number of anilines is 1. The Bertz CT molecular complexity index is 597. The molecule has 5 heteroatoms. The van der Waals surface area contributed by atoms with Crippen molar-refractivity contribution in [2.45, 2.75) is 13.8 Å². The number of nitrogens with one attached hydrogen (secondary N) is 1. The van der Waals surface area contributed by atoms with Crippen LogP contribution in [-0.4, -0.2) is 23.0 Å². The number of amides is 1. The highest BCUT2D eigenvalue weighted by atomic mass is 16.5. The van der Waals surface area contributed by atoms with E-state index in [4.69, 9.17) is 4.74 Å². The molecule has 1 N–H and O–H groups in total. The summed E-state index contributed by atoms with van der Waals surface area (Å²) in [5, 5.41) is 2.66. The van der Waals surface area contributed by atoms with Gasteiger partial charge in [-0.1, -0.05) is 0 Å². The zero-order valence-electron chi connectivity index (χ0n) is 11.1. The molecular weight excluding hydrogens is 242 g/mol. The zero-order chi connectivity index (χ0) is 13.8. The van der Waals surface area contributed by atoms with Crippen molar-refractivity contribution in [1.82, 2.24) is 9.97 Å². The summed E-state index contributed by atoms with van der Waals surface area (Å²) in [6.45, 7) is 3.81. The van der Waals surface area contributed by atoms with E-state index in [0.717, 1.165) is 16.9 Å². The standard InChI is InChI=1S/C14H15N3O2/c1-9-10(2)12(19-3)6-5-11(9)13(18)17-14-15-7-4-8-16-14/h4-8H,1-3H3,(H,15,16,17,18). The normalized spacial score (nSPS) is 10.1. The predicted molar refractivity (Wildman–Crippen MR) is 72.5 cm³/mol. The molecule has 19 heavy (non-hydrogen) atoms.